The Hall–Kier alpha value is -3.30. The number of rotatable bonds is 8. The van der Waals surface area contributed by atoms with Gasteiger partial charge in [-0.2, -0.15) is 0 Å². The summed E-state index contributed by atoms with van der Waals surface area (Å²) in [4.78, 5) is 15.0. The minimum Gasteiger partial charge on any atom is -0.463 e. The molecule has 218 valence electrons. The van der Waals surface area contributed by atoms with E-state index in [9.17, 15) is 4.79 Å². The van der Waals surface area contributed by atoms with Crippen LogP contribution in [0.1, 0.15) is 98.8 Å². The summed E-state index contributed by atoms with van der Waals surface area (Å²) in [7, 11) is 0. The molecule has 0 radical (unpaired) electrons. The molecule has 42 heavy (non-hydrogen) atoms. The lowest BCUT2D eigenvalue weighted by atomic mass is 9.74. The molecule has 0 N–H and O–H groups in total. The topological polar surface area (TPSA) is 29.5 Å². The summed E-state index contributed by atoms with van der Waals surface area (Å²) in [5.74, 6) is 0.822. The number of hydrogen-bond acceptors (Lipinski definition) is 3. The molecule has 0 amide bonds. The smallest absolute Gasteiger partial charge is 0.212 e. The average Bonchev–Trinajstić information content (AvgIpc) is 3.12. The van der Waals surface area contributed by atoms with Gasteiger partial charge in [-0.05, 0) is 104 Å². The number of aryl methyl sites for hydroxylation is 2. The molecule has 1 spiro atoms. The molecule has 1 unspecified atom stereocenters. The summed E-state index contributed by atoms with van der Waals surface area (Å²) in [5.41, 5.74) is 5.46. The number of hydrogen-bond donors (Lipinski definition) is 0. The van der Waals surface area contributed by atoms with Gasteiger partial charge < -0.3 is 9.64 Å². The third-order valence-corrected chi connectivity index (χ3v) is 10.0. The summed E-state index contributed by atoms with van der Waals surface area (Å²) >= 11 is 6.93. The van der Waals surface area contributed by atoms with E-state index in [0.29, 0.717) is 5.02 Å². The maximum Gasteiger partial charge on any atom is 0.212 e. The van der Waals surface area contributed by atoms with E-state index in [1.54, 1.807) is 6.92 Å². The van der Waals surface area contributed by atoms with Crippen molar-refractivity contribution in [3.63, 3.8) is 0 Å². The molecule has 0 saturated heterocycles. The normalized spacial score (nSPS) is 18.5. The van der Waals surface area contributed by atoms with Crippen LogP contribution in [-0.4, -0.2) is 18.1 Å². The van der Waals surface area contributed by atoms with Crippen LogP contribution in [0, 0.1) is 13.8 Å². The van der Waals surface area contributed by atoms with Crippen molar-refractivity contribution in [2.45, 2.75) is 91.2 Å². The zero-order valence-electron chi connectivity index (χ0n) is 25.9. The van der Waals surface area contributed by atoms with Crippen LogP contribution in [0.25, 0.3) is 27.6 Å². The molecule has 1 atom stereocenters. The highest BCUT2D eigenvalue weighted by molar-refractivity contribution is 6.36. The Morgan fingerprint density at radius 3 is 2.33 bits per heavy atom. The van der Waals surface area contributed by atoms with Gasteiger partial charge >= 0.3 is 0 Å². The van der Waals surface area contributed by atoms with Crippen molar-refractivity contribution in [1.82, 2.24) is 0 Å². The Labute approximate surface area is 255 Å². The Kier molecular flexibility index (Phi) is 7.38. The summed E-state index contributed by atoms with van der Waals surface area (Å²) in [5, 5.41) is 5.13. The minimum absolute atomic E-state index is 0.0556. The lowest BCUT2D eigenvalue weighted by Crippen LogP contribution is -2.59. The maximum absolute atomic E-state index is 12.4. The molecule has 0 fully saturated rings. The molecule has 6 rings (SSSR count). The van der Waals surface area contributed by atoms with E-state index in [2.05, 4.69) is 75.1 Å². The number of carbonyl (C=O) groups excluding carboxylic acids is 1. The van der Waals surface area contributed by atoms with Crippen LogP contribution < -0.4 is 9.64 Å². The largest absolute Gasteiger partial charge is 0.463 e. The molecule has 2 aliphatic heterocycles. The molecule has 0 saturated carbocycles. The third-order valence-electron chi connectivity index (χ3n) is 9.73. The summed E-state index contributed by atoms with van der Waals surface area (Å²) in [6, 6.07) is 17.1. The van der Waals surface area contributed by atoms with Gasteiger partial charge in [0.05, 0.1) is 10.4 Å². The predicted octanol–water partition coefficient (Wildman–Crippen LogP) is 10.7. The molecular weight excluding hydrogens is 538 g/mol. The van der Waals surface area contributed by atoms with Crippen molar-refractivity contribution in [2.24, 2.45) is 0 Å². The van der Waals surface area contributed by atoms with Crippen LogP contribution in [0.2, 0.25) is 5.02 Å². The average molecular weight is 580 g/mol. The van der Waals surface area contributed by atoms with Crippen LogP contribution in [0.5, 0.6) is 5.75 Å². The van der Waals surface area contributed by atoms with Gasteiger partial charge in [0.2, 0.25) is 5.72 Å². The van der Waals surface area contributed by atoms with Crippen molar-refractivity contribution in [2.75, 3.05) is 11.4 Å². The number of carbonyl (C=O) groups is 1. The second-order valence-corrected chi connectivity index (χ2v) is 13.3. The van der Waals surface area contributed by atoms with E-state index in [4.69, 9.17) is 16.3 Å². The fourth-order valence-electron chi connectivity index (χ4n) is 7.49. The van der Waals surface area contributed by atoms with Crippen LogP contribution >= 0.6 is 11.6 Å². The molecule has 2 aliphatic rings. The number of nitrogens with zero attached hydrogens (tertiary/aromatic N) is 1. The Balaban J connectivity index is 1.51. The van der Waals surface area contributed by atoms with E-state index >= 15 is 0 Å². The van der Waals surface area contributed by atoms with Gasteiger partial charge in [0.15, 0.2) is 5.78 Å². The number of fused-ring (bicyclic) bond motifs is 6. The first-order valence-electron chi connectivity index (χ1n) is 15.6. The number of Topliss-reactive ketones (excluding diaryl/α,β-unsaturated/α-hetero) is 1. The molecule has 3 nitrogen and oxygen atoms in total. The second-order valence-electron chi connectivity index (χ2n) is 12.8. The SMILES string of the molecule is CCCCCCCCN1c2cc(C)c3ccccc3c2C(C)(C)C12C=Cc1c(cc(Cl)c3cc(C)c(C(C)=O)cc13)O2. The Bertz CT molecular complexity index is 1750. The Morgan fingerprint density at radius 2 is 1.60 bits per heavy atom. The molecule has 4 aromatic rings. The van der Waals surface area contributed by atoms with Crippen molar-refractivity contribution in [3.8, 4) is 5.75 Å². The van der Waals surface area contributed by atoms with Gasteiger partial charge in [-0.15, -0.1) is 0 Å². The number of anilines is 1. The number of unbranched alkanes of at least 4 members (excludes halogenated alkanes) is 5. The Morgan fingerprint density at radius 1 is 0.881 bits per heavy atom. The standard InChI is InChI=1S/C38H42ClNO2/c1-7-8-9-10-11-14-19-40-34-21-25(3)27-15-12-13-16-29(27)36(34)37(5,6)38(40)18-17-28-31-22-30(26(4)41)24(2)20-32(31)33(39)23-35(28)42-38/h12-13,15-18,20-23H,7-11,14,19H2,1-6H3. The van der Waals surface area contributed by atoms with E-state index in [1.807, 2.05) is 25.1 Å². The first-order chi connectivity index (χ1) is 20.1. The quantitative estimate of drug-likeness (QED) is 0.153. The number of ketones is 1. The van der Waals surface area contributed by atoms with E-state index < -0.39 is 5.72 Å². The molecule has 0 aliphatic carbocycles. The van der Waals surface area contributed by atoms with Gasteiger partial charge in [0.25, 0.3) is 0 Å². The van der Waals surface area contributed by atoms with Crippen molar-refractivity contribution in [3.05, 3.63) is 87.4 Å². The van der Waals surface area contributed by atoms with Crippen LogP contribution in [0.4, 0.5) is 5.69 Å². The highest BCUT2D eigenvalue weighted by atomic mass is 35.5. The zero-order chi connectivity index (χ0) is 29.8. The van der Waals surface area contributed by atoms with E-state index in [0.717, 1.165) is 46.2 Å². The van der Waals surface area contributed by atoms with Crippen LogP contribution in [0.15, 0.2) is 54.6 Å². The van der Waals surface area contributed by atoms with Gasteiger partial charge in [0, 0.05) is 34.8 Å². The van der Waals surface area contributed by atoms with Gasteiger partial charge in [-0.1, -0.05) is 74.9 Å². The fraction of sp³-hybridized carbons (Fsp3) is 0.395. The minimum atomic E-state index is -0.715. The molecule has 4 aromatic carbocycles. The summed E-state index contributed by atoms with van der Waals surface area (Å²) in [6.07, 6.45) is 11.9. The van der Waals surface area contributed by atoms with Gasteiger partial charge in [-0.25, -0.2) is 0 Å². The molecule has 0 bridgehead atoms. The number of halogens is 1. The highest BCUT2D eigenvalue weighted by Gasteiger charge is 2.59. The maximum atomic E-state index is 12.4. The molecule has 2 heterocycles. The third kappa shape index (κ3) is 4.35. The lowest BCUT2D eigenvalue weighted by molar-refractivity contribution is 0.0538. The number of benzene rings is 4. The van der Waals surface area contributed by atoms with Gasteiger partial charge in [0.1, 0.15) is 5.75 Å². The van der Waals surface area contributed by atoms with Crippen molar-refractivity contribution >= 4 is 50.7 Å². The predicted molar refractivity (Wildman–Crippen MR) is 179 cm³/mol. The summed E-state index contributed by atoms with van der Waals surface area (Å²) in [6.45, 7) is 13.6. The van der Waals surface area contributed by atoms with Crippen molar-refractivity contribution < 1.29 is 9.53 Å². The monoisotopic (exact) mass is 579 g/mol. The first-order valence-corrected chi connectivity index (χ1v) is 15.9. The molecular formula is C38H42ClNO2. The van der Waals surface area contributed by atoms with Crippen molar-refractivity contribution in [1.29, 1.82) is 0 Å². The van der Waals surface area contributed by atoms with Crippen LogP contribution in [0.3, 0.4) is 0 Å². The molecule has 0 aromatic heterocycles. The van der Waals surface area contributed by atoms with Crippen LogP contribution in [-0.2, 0) is 5.41 Å². The summed E-state index contributed by atoms with van der Waals surface area (Å²) < 4.78 is 7.26. The van der Waals surface area contributed by atoms with E-state index in [1.165, 1.54) is 59.7 Å². The highest BCUT2D eigenvalue weighted by Crippen LogP contribution is 2.58. The lowest BCUT2D eigenvalue weighted by Gasteiger charge is -2.47. The van der Waals surface area contributed by atoms with E-state index in [-0.39, 0.29) is 11.2 Å². The zero-order valence-corrected chi connectivity index (χ0v) is 26.6. The first kappa shape index (κ1) is 28.8. The van der Waals surface area contributed by atoms with Gasteiger partial charge in [-0.3, -0.25) is 4.79 Å². The molecule has 4 heteroatoms. The number of ether oxygens (including phenoxy) is 1. The fourth-order valence-corrected chi connectivity index (χ4v) is 7.74. The second kappa shape index (κ2) is 10.8.